The second-order valence-corrected chi connectivity index (χ2v) is 5.80. The van der Waals surface area contributed by atoms with E-state index in [1.165, 1.54) is 0 Å². The van der Waals surface area contributed by atoms with Gasteiger partial charge in [-0.25, -0.2) is 9.97 Å². The minimum atomic E-state index is 0.538. The van der Waals surface area contributed by atoms with E-state index in [9.17, 15) is 0 Å². The molecule has 0 aliphatic carbocycles. The van der Waals surface area contributed by atoms with Crippen LogP contribution in [0.5, 0.6) is 0 Å². The van der Waals surface area contributed by atoms with Gasteiger partial charge in [0.2, 0.25) is 0 Å². The molecule has 1 aromatic heterocycles. The lowest BCUT2D eigenvalue weighted by Crippen LogP contribution is -2.03. The highest BCUT2D eigenvalue weighted by Gasteiger charge is 2.19. The van der Waals surface area contributed by atoms with E-state index in [2.05, 4.69) is 9.97 Å². The Hall–Kier alpha value is -0.970. The fourth-order valence-corrected chi connectivity index (χ4v) is 3.29. The smallest absolute Gasteiger partial charge is 0.163 e. The second kappa shape index (κ2) is 4.61. The quantitative estimate of drug-likeness (QED) is 0.870. The normalized spacial score (nSPS) is 13.7. The number of fused-ring (bicyclic) bond motifs is 1. The first kappa shape index (κ1) is 12.1. The molecule has 1 aliphatic heterocycles. The number of hydrogen-bond donors (Lipinski definition) is 1. The largest absolute Gasteiger partial charge is 0.383 e. The number of thioether (sulfide) groups is 1. The number of benzene rings is 1. The number of aromatic nitrogens is 2. The van der Waals surface area contributed by atoms with Crippen LogP contribution >= 0.6 is 35.0 Å². The van der Waals surface area contributed by atoms with E-state index in [1.54, 1.807) is 30.0 Å². The van der Waals surface area contributed by atoms with Gasteiger partial charge in [0.15, 0.2) is 5.82 Å². The molecule has 0 bridgehead atoms. The summed E-state index contributed by atoms with van der Waals surface area (Å²) in [5, 5.41) is 1.18. The van der Waals surface area contributed by atoms with E-state index in [0.717, 1.165) is 28.3 Å². The average molecular weight is 298 g/mol. The van der Waals surface area contributed by atoms with Crippen LogP contribution in [0.3, 0.4) is 0 Å². The van der Waals surface area contributed by atoms with Crippen LogP contribution in [-0.4, -0.2) is 9.97 Å². The third kappa shape index (κ3) is 2.05. The van der Waals surface area contributed by atoms with Gasteiger partial charge >= 0.3 is 0 Å². The number of nitrogen functional groups attached to an aromatic ring is 1. The summed E-state index contributed by atoms with van der Waals surface area (Å²) in [7, 11) is 0. The van der Waals surface area contributed by atoms with Crippen molar-refractivity contribution in [2.45, 2.75) is 11.5 Å². The van der Waals surface area contributed by atoms with Crippen molar-refractivity contribution in [3.63, 3.8) is 0 Å². The van der Waals surface area contributed by atoms with Crippen molar-refractivity contribution in [1.29, 1.82) is 0 Å². The van der Waals surface area contributed by atoms with E-state index < -0.39 is 0 Å². The maximum absolute atomic E-state index is 6.15. The van der Waals surface area contributed by atoms with Gasteiger partial charge in [-0.15, -0.1) is 0 Å². The fraction of sp³-hybridized carbons (Fsp3) is 0.167. The summed E-state index contributed by atoms with van der Waals surface area (Å²) < 4.78 is 0. The summed E-state index contributed by atoms with van der Waals surface area (Å²) in [6.07, 6.45) is 0. The first-order valence-corrected chi connectivity index (χ1v) is 7.24. The molecule has 2 aromatic rings. The predicted molar refractivity (Wildman–Crippen MR) is 76.9 cm³/mol. The molecule has 3 nitrogen and oxygen atoms in total. The van der Waals surface area contributed by atoms with Crippen molar-refractivity contribution in [2.24, 2.45) is 0 Å². The van der Waals surface area contributed by atoms with Crippen LogP contribution in [-0.2, 0) is 11.5 Å². The number of nitrogens with two attached hydrogens (primary N) is 1. The maximum atomic E-state index is 6.15. The summed E-state index contributed by atoms with van der Waals surface area (Å²) in [4.78, 5) is 8.86. The summed E-state index contributed by atoms with van der Waals surface area (Å²) in [5.74, 6) is 2.83. The zero-order valence-electron chi connectivity index (χ0n) is 9.28. The molecule has 1 aromatic carbocycles. The Morgan fingerprint density at radius 3 is 2.83 bits per heavy atom. The zero-order chi connectivity index (χ0) is 12.7. The number of anilines is 1. The molecule has 0 radical (unpaired) electrons. The zero-order valence-corrected chi connectivity index (χ0v) is 11.6. The molecule has 0 fully saturated rings. The average Bonchev–Trinajstić information content (AvgIpc) is 2.81. The predicted octanol–water partition coefficient (Wildman–Crippen LogP) is 3.78. The van der Waals surface area contributed by atoms with Crippen molar-refractivity contribution in [2.75, 3.05) is 5.73 Å². The van der Waals surface area contributed by atoms with Gasteiger partial charge in [-0.3, -0.25) is 0 Å². The third-order valence-electron chi connectivity index (χ3n) is 2.78. The molecular weight excluding hydrogens is 289 g/mol. The lowest BCUT2D eigenvalue weighted by molar-refractivity contribution is 1.08. The molecule has 0 saturated carbocycles. The van der Waals surface area contributed by atoms with Gasteiger partial charge in [0.25, 0.3) is 0 Å². The lowest BCUT2D eigenvalue weighted by atomic mass is 10.2. The Labute approximate surface area is 119 Å². The highest BCUT2D eigenvalue weighted by molar-refractivity contribution is 7.98. The molecule has 2 N–H and O–H groups in total. The summed E-state index contributed by atoms with van der Waals surface area (Å²) in [6, 6.07) is 5.23. The van der Waals surface area contributed by atoms with Crippen molar-refractivity contribution >= 4 is 40.8 Å². The number of halogens is 2. The topological polar surface area (TPSA) is 51.8 Å². The molecule has 0 unspecified atom stereocenters. The van der Waals surface area contributed by atoms with Crippen LogP contribution in [0.2, 0.25) is 10.0 Å². The monoisotopic (exact) mass is 297 g/mol. The van der Waals surface area contributed by atoms with Crippen LogP contribution in [0, 0.1) is 0 Å². The molecule has 3 rings (SSSR count). The van der Waals surface area contributed by atoms with Gasteiger partial charge in [-0.05, 0) is 18.2 Å². The highest BCUT2D eigenvalue weighted by Crippen LogP contribution is 2.35. The van der Waals surface area contributed by atoms with Crippen molar-refractivity contribution in [3.8, 4) is 11.4 Å². The molecule has 92 valence electrons. The van der Waals surface area contributed by atoms with Gasteiger partial charge in [0.1, 0.15) is 5.82 Å². The van der Waals surface area contributed by atoms with Gasteiger partial charge in [-0.1, -0.05) is 23.2 Å². The van der Waals surface area contributed by atoms with Gasteiger partial charge in [-0.2, -0.15) is 11.8 Å². The van der Waals surface area contributed by atoms with Crippen LogP contribution in [0.25, 0.3) is 11.4 Å². The Balaban J connectivity index is 2.18. The van der Waals surface area contributed by atoms with E-state index in [0.29, 0.717) is 21.7 Å². The minimum absolute atomic E-state index is 0.538. The fourth-order valence-electron chi connectivity index (χ4n) is 1.87. The number of hydrogen-bond acceptors (Lipinski definition) is 4. The summed E-state index contributed by atoms with van der Waals surface area (Å²) in [6.45, 7) is 0. The van der Waals surface area contributed by atoms with Crippen molar-refractivity contribution < 1.29 is 0 Å². The molecule has 0 spiro atoms. The first-order chi connectivity index (χ1) is 8.65. The van der Waals surface area contributed by atoms with Gasteiger partial charge in [0, 0.05) is 27.7 Å². The van der Waals surface area contributed by atoms with Crippen molar-refractivity contribution in [3.05, 3.63) is 39.5 Å². The van der Waals surface area contributed by atoms with E-state index >= 15 is 0 Å². The van der Waals surface area contributed by atoms with E-state index in [-0.39, 0.29) is 0 Å². The van der Waals surface area contributed by atoms with Gasteiger partial charge < -0.3 is 5.73 Å². The SMILES string of the molecule is Nc1nc(-c2cc(Cl)ccc2Cl)nc2c1CSC2. The second-order valence-electron chi connectivity index (χ2n) is 3.97. The molecule has 0 amide bonds. The van der Waals surface area contributed by atoms with E-state index in [4.69, 9.17) is 28.9 Å². The Morgan fingerprint density at radius 2 is 2.00 bits per heavy atom. The maximum Gasteiger partial charge on any atom is 0.163 e. The lowest BCUT2D eigenvalue weighted by Gasteiger charge is -2.08. The van der Waals surface area contributed by atoms with Crippen LogP contribution in [0.1, 0.15) is 11.3 Å². The minimum Gasteiger partial charge on any atom is -0.383 e. The molecule has 18 heavy (non-hydrogen) atoms. The standard InChI is InChI=1S/C12H9Cl2N3S/c13-6-1-2-9(14)7(3-6)12-16-10-5-18-4-8(10)11(15)17-12/h1-3H,4-5H2,(H2,15,16,17). The molecule has 0 saturated heterocycles. The molecule has 2 heterocycles. The van der Waals surface area contributed by atoms with Crippen LogP contribution in [0.4, 0.5) is 5.82 Å². The number of nitrogens with zero attached hydrogens (tertiary/aromatic N) is 2. The Bertz CT molecular complexity index is 631. The molecule has 0 atom stereocenters. The molecule has 1 aliphatic rings. The molecule has 6 heteroatoms. The van der Waals surface area contributed by atoms with Crippen molar-refractivity contribution in [1.82, 2.24) is 9.97 Å². The van der Waals surface area contributed by atoms with E-state index in [1.807, 2.05) is 0 Å². The third-order valence-corrected chi connectivity index (χ3v) is 4.31. The molecular formula is C12H9Cl2N3S. The summed E-state index contributed by atoms with van der Waals surface area (Å²) in [5.41, 5.74) is 8.72. The Morgan fingerprint density at radius 1 is 1.17 bits per heavy atom. The first-order valence-electron chi connectivity index (χ1n) is 5.33. The van der Waals surface area contributed by atoms with Crippen LogP contribution in [0.15, 0.2) is 18.2 Å². The summed E-state index contributed by atoms with van der Waals surface area (Å²) >= 11 is 13.9. The van der Waals surface area contributed by atoms with Gasteiger partial charge in [0.05, 0.1) is 10.7 Å². The Kier molecular flexibility index (Phi) is 3.09. The van der Waals surface area contributed by atoms with Crippen LogP contribution < -0.4 is 5.73 Å². The highest BCUT2D eigenvalue weighted by atomic mass is 35.5. The number of rotatable bonds is 1.